The van der Waals surface area contributed by atoms with E-state index in [4.69, 9.17) is 4.42 Å². The Morgan fingerprint density at radius 3 is 3.05 bits per heavy atom. The Hall–Kier alpha value is -2.22. The van der Waals surface area contributed by atoms with E-state index < -0.39 is 0 Å². The number of hydrogen-bond acceptors (Lipinski definition) is 2. The van der Waals surface area contributed by atoms with Crippen molar-refractivity contribution in [1.82, 2.24) is 5.32 Å². The molecule has 1 aromatic heterocycles. The van der Waals surface area contributed by atoms with E-state index in [2.05, 4.69) is 48.7 Å². The normalized spacial score (nSPS) is 15.3. The van der Waals surface area contributed by atoms with Crippen LogP contribution in [0.5, 0.6) is 0 Å². The van der Waals surface area contributed by atoms with Crippen molar-refractivity contribution < 1.29 is 4.42 Å². The van der Waals surface area contributed by atoms with Crippen LogP contribution in [-0.4, -0.2) is 7.05 Å². The van der Waals surface area contributed by atoms with Gasteiger partial charge in [-0.25, -0.2) is 0 Å². The fourth-order valence-corrected chi connectivity index (χ4v) is 2.80. The molecule has 2 aromatic rings. The lowest BCUT2D eigenvalue weighted by Gasteiger charge is -2.05. The standard InChI is InChI=1S/C19H21NO/c1-14(12-13-20-2)10-11-15-6-5-8-17-16-7-3-4-9-18(16)21-19(15)17/h3-4,7-10,12-13,20H,5-6,11H2,1-2H3/b13-12-,14-10-. The molecule has 0 amide bonds. The van der Waals surface area contributed by atoms with Crippen molar-refractivity contribution in [1.29, 1.82) is 0 Å². The zero-order valence-electron chi connectivity index (χ0n) is 12.6. The Kier molecular flexibility index (Phi) is 3.96. The molecule has 0 saturated heterocycles. The van der Waals surface area contributed by atoms with Crippen molar-refractivity contribution in [2.24, 2.45) is 0 Å². The summed E-state index contributed by atoms with van der Waals surface area (Å²) in [5.74, 6) is 0. The zero-order chi connectivity index (χ0) is 14.7. The van der Waals surface area contributed by atoms with Crippen LogP contribution in [0.2, 0.25) is 0 Å². The van der Waals surface area contributed by atoms with Crippen LogP contribution in [0.3, 0.4) is 0 Å². The molecule has 1 N–H and O–H groups in total. The third-order valence-corrected chi connectivity index (χ3v) is 3.93. The lowest BCUT2D eigenvalue weighted by Crippen LogP contribution is -2.25. The molecule has 0 atom stereocenters. The van der Waals surface area contributed by atoms with Crippen LogP contribution in [0.15, 0.2) is 52.6 Å². The molecule has 0 radical (unpaired) electrons. The molecule has 3 rings (SSSR count). The van der Waals surface area contributed by atoms with E-state index in [1.54, 1.807) is 0 Å². The van der Waals surface area contributed by atoms with E-state index in [1.165, 1.54) is 21.8 Å². The van der Waals surface area contributed by atoms with Crippen LogP contribution < -0.4 is 16.0 Å². The Bertz CT molecular complexity index is 821. The summed E-state index contributed by atoms with van der Waals surface area (Å²) in [5.41, 5.74) is 4.75. The van der Waals surface area contributed by atoms with Crippen molar-refractivity contribution in [3.8, 4) is 0 Å². The molecule has 0 bridgehead atoms. The monoisotopic (exact) mass is 279 g/mol. The van der Waals surface area contributed by atoms with Crippen molar-refractivity contribution in [2.45, 2.75) is 26.2 Å². The smallest absolute Gasteiger partial charge is 0.135 e. The quantitative estimate of drug-likeness (QED) is 0.869. The second kappa shape index (κ2) is 6.04. The van der Waals surface area contributed by atoms with Gasteiger partial charge in [-0.3, -0.25) is 0 Å². The van der Waals surface area contributed by atoms with Gasteiger partial charge in [0.15, 0.2) is 0 Å². The molecule has 0 spiro atoms. The molecule has 2 nitrogen and oxygen atoms in total. The van der Waals surface area contributed by atoms with Gasteiger partial charge >= 0.3 is 0 Å². The average Bonchev–Trinajstić information content (AvgIpc) is 2.90. The molecule has 1 aliphatic rings. The topological polar surface area (TPSA) is 25.2 Å². The predicted octanol–water partition coefficient (Wildman–Crippen LogP) is 3.23. The molecule has 1 aromatic carbocycles. The Morgan fingerprint density at radius 1 is 1.33 bits per heavy atom. The molecule has 2 heteroatoms. The molecule has 21 heavy (non-hydrogen) atoms. The van der Waals surface area contributed by atoms with Gasteiger partial charge in [0.05, 0.1) is 0 Å². The van der Waals surface area contributed by atoms with Crippen LogP contribution in [0.25, 0.3) is 22.6 Å². The summed E-state index contributed by atoms with van der Waals surface area (Å²) in [6, 6.07) is 8.31. The Labute approximate surface area is 125 Å². The van der Waals surface area contributed by atoms with Gasteiger partial charge in [-0.15, -0.1) is 0 Å². The van der Waals surface area contributed by atoms with Gasteiger partial charge in [0.25, 0.3) is 0 Å². The van der Waals surface area contributed by atoms with Crippen molar-refractivity contribution in [2.75, 3.05) is 7.05 Å². The second-order valence-corrected chi connectivity index (χ2v) is 5.46. The lowest BCUT2D eigenvalue weighted by molar-refractivity contribution is 0.566. The van der Waals surface area contributed by atoms with Crippen molar-refractivity contribution >= 4 is 22.6 Å². The third-order valence-electron chi connectivity index (χ3n) is 3.93. The van der Waals surface area contributed by atoms with Gasteiger partial charge in [0, 0.05) is 17.7 Å². The molecular formula is C19H21NO. The number of fused-ring (bicyclic) bond motifs is 3. The zero-order valence-corrected chi connectivity index (χ0v) is 12.6. The highest BCUT2D eigenvalue weighted by Crippen LogP contribution is 2.17. The third kappa shape index (κ3) is 2.80. The summed E-state index contributed by atoms with van der Waals surface area (Å²) in [6.07, 6.45) is 11.8. The van der Waals surface area contributed by atoms with Gasteiger partial charge in [-0.2, -0.15) is 0 Å². The molecule has 108 valence electrons. The van der Waals surface area contributed by atoms with Crippen LogP contribution in [0.1, 0.15) is 26.2 Å². The largest absolute Gasteiger partial charge is 0.456 e. The second-order valence-electron chi connectivity index (χ2n) is 5.46. The minimum atomic E-state index is 0.959. The lowest BCUT2D eigenvalue weighted by atomic mass is 9.99. The number of allylic oxidation sites excluding steroid dienone is 3. The van der Waals surface area contributed by atoms with Crippen molar-refractivity contribution in [3.63, 3.8) is 0 Å². The van der Waals surface area contributed by atoms with E-state index in [1.807, 2.05) is 19.3 Å². The number of benzene rings is 1. The van der Waals surface area contributed by atoms with E-state index in [9.17, 15) is 0 Å². The molecule has 1 aliphatic carbocycles. The fraction of sp³-hybridized carbons (Fsp3) is 0.263. The maximum absolute atomic E-state index is 6.09. The summed E-state index contributed by atoms with van der Waals surface area (Å²) in [4.78, 5) is 0. The van der Waals surface area contributed by atoms with Crippen molar-refractivity contribution in [3.05, 3.63) is 58.8 Å². The van der Waals surface area contributed by atoms with Gasteiger partial charge in [-0.05, 0) is 50.1 Å². The van der Waals surface area contributed by atoms with E-state index in [0.717, 1.165) is 30.3 Å². The summed E-state index contributed by atoms with van der Waals surface area (Å²) < 4.78 is 6.09. The minimum Gasteiger partial charge on any atom is -0.456 e. The predicted molar refractivity (Wildman–Crippen MR) is 89.1 cm³/mol. The Morgan fingerprint density at radius 2 is 2.19 bits per heavy atom. The fourth-order valence-electron chi connectivity index (χ4n) is 2.80. The summed E-state index contributed by atoms with van der Waals surface area (Å²) in [7, 11) is 1.91. The van der Waals surface area contributed by atoms with Gasteiger partial charge in [-0.1, -0.05) is 35.9 Å². The summed E-state index contributed by atoms with van der Waals surface area (Å²) >= 11 is 0. The first-order chi connectivity index (χ1) is 10.3. The first-order valence-electron chi connectivity index (χ1n) is 7.50. The van der Waals surface area contributed by atoms with Gasteiger partial charge in [0.1, 0.15) is 11.0 Å². The maximum atomic E-state index is 6.09. The highest BCUT2D eigenvalue weighted by molar-refractivity contribution is 5.80. The molecular weight excluding hydrogens is 258 g/mol. The number of furan rings is 1. The van der Waals surface area contributed by atoms with E-state index in [0.29, 0.717) is 0 Å². The SMILES string of the molecule is CN/C=C\C(C)=C/CC1=c2oc3ccccc3c2=CCC1. The summed E-state index contributed by atoms with van der Waals surface area (Å²) in [6.45, 7) is 2.13. The van der Waals surface area contributed by atoms with E-state index >= 15 is 0 Å². The van der Waals surface area contributed by atoms with Crippen LogP contribution in [-0.2, 0) is 0 Å². The first kappa shape index (κ1) is 13.7. The first-order valence-corrected chi connectivity index (χ1v) is 7.50. The van der Waals surface area contributed by atoms with Crippen LogP contribution in [0, 0.1) is 0 Å². The van der Waals surface area contributed by atoms with Gasteiger partial charge in [0.2, 0.25) is 0 Å². The number of para-hydroxylation sites is 1. The molecule has 0 unspecified atom stereocenters. The van der Waals surface area contributed by atoms with Crippen LogP contribution in [0.4, 0.5) is 0 Å². The highest BCUT2D eigenvalue weighted by atomic mass is 16.3. The van der Waals surface area contributed by atoms with E-state index in [-0.39, 0.29) is 0 Å². The average molecular weight is 279 g/mol. The minimum absolute atomic E-state index is 0.959. The van der Waals surface area contributed by atoms with Gasteiger partial charge < -0.3 is 9.73 Å². The molecule has 0 aliphatic heterocycles. The highest BCUT2D eigenvalue weighted by Gasteiger charge is 2.10. The number of nitrogens with one attached hydrogen (secondary N) is 1. The Balaban J connectivity index is 2.03. The molecule has 0 fully saturated rings. The molecule has 0 saturated carbocycles. The van der Waals surface area contributed by atoms with Crippen LogP contribution >= 0.6 is 0 Å². The number of hydrogen-bond donors (Lipinski definition) is 1. The maximum Gasteiger partial charge on any atom is 0.135 e. The summed E-state index contributed by atoms with van der Waals surface area (Å²) in [5, 5.41) is 5.54. The number of rotatable bonds is 4. The molecule has 1 heterocycles.